The molecule has 21 heavy (non-hydrogen) atoms. The van der Waals surface area contributed by atoms with Gasteiger partial charge in [-0.15, -0.1) is 0 Å². The normalized spacial score (nSPS) is 11.1. The monoisotopic (exact) mass is 278 g/mol. The van der Waals surface area contributed by atoms with Gasteiger partial charge in [0.05, 0.1) is 0 Å². The molecule has 2 aromatic carbocycles. The van der Waals surface area contributed by atoms with Crippen molar-refractivity contribution < 1.29 is 5.11 Å². The third-order valence-electron chi connectivity index (χ3n) is 3.57. The highest BCUT2D eigenvalue weighted by Gasteiger charge is 2.09. The number of fused-ring (bicyclic) bond motifs is 1. The number of hydrogen-bond acceptors (Lipinski definition) is 3. The molecule has 1 aromatic heterocycles. The summed E-state index contributed by atoms with van der Waals surface area (Å²) in [6.45, 7) is 1.54. The highest BCUT2D eigenvalue weighted by molar-refractivity contribution is 5.85. The first kappa shape index (κ1) is 13.6. The Morgan fingerprint density at radius 2 is 1.76 bits per heavy atom. The maximum absolute atomic E-state index is 10.4. The van der Waals surface area contributed by atoms with Crippen LogP contribution >= 0.6 is 0 Å². The van der Waals surface area contributed by atoms with Crippen LogP contribution in [-0.2, 0) is 13.1 Å². The second-order valence-corrected chi connectivity index (χ2v) is 5.31. The van der Waals surface area contributed by atoms with Crippen molar-refractivity contribution in [3.05, 3.63) is 71.9 Å². The van der Waals surface area contributed by atoms with E-state index in [2.05, 4.69) is 29.1 Å². The summed E-state index contributed by atoms with van der Waals surface area (Å²) in [5.41, 5.74) is 2.83. The van der Waals surface area contributed by atoms with Crippen LogP contribution in [0.25, 0.3) is 10.9 Å². The number of pyridine rings is 1. The Balaban J connectivity index is 1.80. The van der Waals surface area contributed by atoms with Crippen LogP contribution in [0.3, 0.4) is 0 Å². The lowest BCUT2D eigenvalue weighted by atomic mass is 10.1. The second-order valence-electron chi connectivity index (χ2n) is 5.31. The molecule has 0 atom stereocenters. The lowest BCUT2D eigenvalue weighted by molar-refractivity contribution is 0.313. The summed E-state index contributed by atoms with van der Waals surface area (Å²) in [6, 6.07) is 18.1. The molecule has 3 aromatic rings. The number of phenolic OH excluding ortho intramolecular Hbond substituents is 1. The largest absolute Gasteiger partial charge is 0.505 e. The van der Waals surface area contributed by atoms with Gasteiger partial charge in [-0.05, 0) is 18.7 Å². The third-order valence-corrected chi connectivity index (χ3v) is 3.57. The van der Waals surface area contributed by atoms with Crippen LogP contribution in [0.2, 0.25) is 0 Å². The quantitative estimate of drug-likeness (QED) is 0.792. The molecule has 0 bridgehead atoms. The molecule has 0 aliphatic carbocycles. The zero-order valence-corrected chi connectivity index (χ0v) is 12.0. The van der Waals surface area contributed by atoms with E-state index in [9.17, 15) is 5.11 Å². The molecule has 0 aliphatic rings. The maximum Gasteiger partial charge on any atom is 0.146 e. The Bertz CT molecular complexity index is 741. The van der Waals surface area contributed by atoms with Crippen molar-refractivity contribution in [2.24, 2.45) is 0 Å². The molecule has 0 saturated carbocycles. The molecule has 1 N–H and O–H groups in total. The summed E-state index contributed by atoms with van der Waals surface area (Å²) in [6.07, 6.45) is 1.71. The molecule has 0 unspecified atom stereocenters. The Labute approximate surface area is 124 Å². The van der Waals surface area contributed by atoms with E-state index in [1.165, 1.54) is 5.56 Å². The Morgan fingerprint density at radius 1 is 0.952 bits per heavy atom. The van der Waals surface area contributed by atoms with Crippen LogP contribution < -0.4 is 0 Å². The predicted molar refractivity (Wildman–Crippen MR) is 85.0 cm³/mol. The summed E-state index contributed by atoms with van der Waals surface area (Å²) >= 11 is 0. The maximum atomic E-state index is 10.4. The van der Waals surface area contributed by atoms with Gasteiger partial charge in [0, 0.05) is 30.2 Å². The van der Waals surface area contributed by atoms with Crippen LogP contribution in [0, 0.1) is 0 Å². The minimum Gasteiger partial charge on any atom is -0.505 e. The number of nitrogens with zero attached hydrogens (tertiary/aromatic N) is 2. The fourth-order valence-corrected chi connectivity index (χ4v) is 2.54. The summed E-state index contributed by atoms with van der Waals surface area (Å²) in [5, 5.41) is 11.3. The molecule has 0 fully saturated rings. The summed E-state index contributed by atoms with van der Waals surface area (Å²) < 4.78 is 0. The van der Waals surface area contributed by atoms with Gasteiger partial charge in [0.25, 0.3) is 0 Å². The number of phenols is 1. The minimum atomic E-state index is 0.285. The minimum absolute atomic E-state index is 0.285. The van der Waals surface area contributed by atoms with Gasteiger partial charge in [0.1, 0.15) is 11.3 Å². The van der Waals surface area contributed by atoms with E-state index >= 15 is 0 Å². The fourth-order valence-electron chi connectivity index (χ4n) is 2.54. The SMILES string of the molecule is CN(Cc1ccccc1)Cc1ccc2cccnc2c1O. The highest BCUT2D eigenvalue weighted by atomic mass is 16.3. The summed E-state index contributed by atoms with van der Waals surface area (Å²) in [7, 11) is 2.05. The molecular formula is C18H18N2O. The molecule has 0 saturated heterocycles. The lowest BCUT2D eigenvalue weighted by Gasteiger charge is -2.18. The third kappa shape index (κ3) is 3.03. The van der Waals surface area contributed by atoms with Crippen molar-refractivity contribution in [2.75, 3.05) is 7.05 Å². The second kappa shape index (κ2) is 5.94. The van der Waals surface area contributed by atoms with Crippen LogP contribution in [0.15, 0.2) is 60.8 Å². The molecule has 0 aliphatic heterocycles. The fraction of sp³-hybridized carbons (Fsp3) is 0.167. The molecular weight excluding hydrogens is 260 g/mol. The smallest absolute Gasteiger partial charge is 0.146 e. The zero-order valence-electron chi connectivity index (χ0n) is 12.0. The highest BCUT2D eigenvalue weighted by Crippen LogP contribution is 2.27. The Morgan fingerprint density at radius 3 is 2.57 bits per heavy atom. The molecule has 3 nitrogen and oxygen atoms in total. The van der Waals surface area contributed by atoms with Crippen LogP contribution in [0.1, 0.15) is 11.1 Å². The molecule has 3 rings (SSSR count). The van der Waals surface area contributed by atoms with E-state index < -0.39 is 0 Å². The summed E-state index contributed by atoms with van der Waals surface area (Å²) in [5.74, 6) is 0.285. The van der Waals surface area contributed by atoms with Crippen molar-refractivity contribution >= 4 is 10.9 Å². The van der Waals surface area contributed by atoms with E-state index in [4.69, 9.17) is 0 Å². The van der Waals surface area contributed by atoms with Gasteiger partial charge < -0.3 is 5.11 Å². The van der Waals surface area contributed by atoms with Crippen LogP contribution in [-0.4, -0.2) is 22.0 Å². The lowest BCUT2D eigenvalue weighted by Crippen LogP contribution is -2.17. The average Bonchev–Trinajstić information content (AvgIpc) is 2.51. The van der Waals surface area contributed by atoms with Crippen molar-refractivity contribution in [2.45, 2.75) is 13.1 Å². The van der Waals surface area contributed by atoms with E-state index in [1.54, 1.807) is 6.20 Å². The topological polar surface area (TPSA) is 36.4 Å². The van der Waals surface area contributed by atoms with E-state index in [-0.39, 0.29) is 5.75 Å². The van der Waals surface area contributed by atoms with Gasteiger partial charge in [-0.1, -0.05) is 48.5 Å². The van der Waals surface area contributed by atoms with E-state index in [0.717, 1.165) is 17.5 Å². The van der Waals surface area contributed by atoms with Crippen LogP contribution in [0.5, 0.6) is 5.75 Å². The standard InChI is InChI=1S/C18H18N2O/c1-20(12-14-6-3-2-4-7-14)13-16-10-9-15-8-5-11-19-17(15)18(16)21/h2-11,21H,12-13H2,1H3. The Kier molecular flexibility index (Phi) is 3.84. The van der Waals surface area contributed by atoms with Gasteiger partial charge in [0.2, 0.25) is 0 Å². The van der Waals surface area contributed by atoms with Crippen molar-refractivity contribution in [3.63, 3.8) is 0 Å². The summed E-state index contributed by atoms with van der Waals surface area (Å²) in [4.78, 5) is 6.44. The van der Waals surface area contributed by atoms with Crippen molar-refractivity contribution in [3.8, 4) is 5.75 Å². The van der Waals surface area contributed by atoms with Gasteiger partial charge in [-0.3, -0.25) is 9.88 Å². The zero-order chi connectivity index (χ0) is 14.7. The van der Waals surface area contributed by atoms with Crippen molar-refractivity contribution in [1.29, 1.82) is 0 Å². The number of benzene rings is 2. The van der Waals surface area contributed by atoms with Gasteiger partial charge in [0.15, 0.2) is 0 Å². The van der Waals surface area contributed by atoms with Crippen molar-refractivity contribution in [1.82, 2.24) is 9.88 Å². The molecule has 106 valence electrons. The number of rotatable bonds is 4. The number of aromatic nitrogens is 1. The van der Waals surface area contributed by atoms with Gasteiger partial charge in [-0.25, -0.2) is 0 Å². The van der Waals surface area contributed by atoms with E-state index in [0.29, 0.717) is 12.1 Å². The van der Waals surface area contributed by atoms with Gasteiger partial charge >= 0.3 is 0 Å². The molecule has 3 heteroatoms. The molecule has 0 amide bonds. The van der Waals surface area contributed by atoms with E-state index in [1.807, 2.05) is 42.5 Å². The number of aromatic hydroxyl groups is 1. The first-order valence-electron chi connectivity index (χ1n) is 7.02. The first-order valence-corrected chi connectivity index (χ1v) is 7.02. The van der Waals surface area contributed by atoms with Gasteiger partial charge in [-0.2, -0.15) is 0 Å². The molecule has 0 radical (unpaired) electrons. The Hall–Kier alpha value is -2.39. The van der Waals surface area contributed by atoms with Crippen LogP contribution in [0.4, 0.5) is 0 Å². The number of hydrogen-bond donors (Lipinski definition) is 1. The average molecular weight is 278 g/mol. The molecule has 0 spiro atoms. The first-order chi connectivity index (χ1) is 10.2. The molecule has 1 heterocycles. The predicted octanol–water partition coefficient (Wildman–Crippen LogP) is 3.57.